The van der Waals surface area contributed by atoms with Crippen molar-refractivity contribution in [1.29, 1.82) is 0 Å². The number of aromatic nitrogens is 2. The van der Waals surface area contributed by atoms with Crippen molar-refractivity contribution in [3.8, 4) is 0 Å². The molecule has 4 rings (SSSR count). The fourth-order valence-corrected chi connectivity index (χ4v) is 3.52. The van der Waals surface area contributed by atoms with Crippen molar-refractivity contribution in [2.75, 3.05) is 17.3 Å². The van der Waals surface area contributed by atoms with Crippen LogP contribution in [0.15, 0.2) is 60.9 Å². The molecule has 29 heavy (non-hydrogen) atoms. The van der Waals surface area contributed by atoms with Crippen molar-refractivity contribution in [1.82, 2.24) is 9.97 Å². The van der Waals surface area contributed by atoms with Gasteiger partial charge in [0.15, 0.2) is 0 Å². The molecular weight excluding hydrogens is 368 g/mol. The molecule has 2 aromatic carbocycles. The molecule has 0 bridgehead atoms. The van der Waals surface area contributed by atoms with Gasteiger partial charge in [0.05, 0.1) is 23.9 Å². The summed E-state index contributed by atoms with van der Waals surface area (Å²) in [7, 11) is 1.33. The van der Waals surface area contributed by atoms with E-state index in [4.69, 9.17) is 4.74 Å². The van der Waals surface area contributed by atoms with Crippen LogP contribution in [0.25, 0.3) is 0 Å². The number of benzene rings is 2. The van der Waals surface area contributed by atoms with Crippen LogP contribution < -0.4 is 10.2 Å². The number of ether oxygens (including phenoxy) is 1. The fourth-order valence-electron chi connectivity index (χ4n) is 3.52. The second-order valence-electron chi connectivity index (χ2n) is 6.81. The molecule has 7 heteroatoms. The van der Waals surface area contributed by atoms with Gasteiger partial charge in [-0.3, -0.25) is 4.79 Å². The van der Waals surface area contributed by atoms with Crippen molar-refractivity contribution in [3.63, 3.8) is 0 Å². The number of rotatable bonds is 4. The van der Waals surface area contributed by atoms with Gasteiger partial charge in [0.25, 0.3) is 5.91 Å². The lowest BCUT2D eigenvalue weighted by atomic mass is 10.1. The Hall–Kier alpha value is -3.74. The van der Waals surface area contributed by atoms with E-state index < -0.39 is 5.97 Å². The third kappa shape index (κ3) is 3.54. The number of fused-ring (bicyclic) bond motifs is 1. The Morgan fingerprint density at radius 1 is 1.07 bits per heavy atom. The van der Waals surface area contributed by atoms with E-state index in [9.17, 15) is 9.59 Å². The number of esters is 1. The van der Waals surface area contributed by atoms with Crippen LogP contribution in [0.4, 0.5) is 17.3 Å². The Morgan fingerprint density at radius 2 is 1.76 bits per heavy atom. The summed E-state index contributed by atoms with van der Waals surface area (Å²) >= 11 is 0. The summed E-state index contributed by atoms with van der Waals surface area (Å²) in [4.78, 5) is 35.2. The minimum atomic E-state index is -0.457. The van der Waals surface area contributed by atoms with Gasteiger partial charge in [-0.15, -0.1) is 0 Å². The lowest BCUT2D eigenvalue weighted by Crippen LogP contribution is -2.35. The highest BCUT2D eigenvalue weighted by Gasteiger charge is 2.31. The summed E-state index contributed by atoms with van der Waals surface area (Å²) in [6.07, 6.45) is 3.81. The highest BCUT2D eigenvalue weighted by Crippen LogP contribution is 2.33. The van der Waals surface area contributed by atoms with Crippen LogP contribution in [0, 0.1) is 0 Å². The quantitative estimate of drug-likeness (QED) is 0.688. The largest absolute Gasteiger partial charge is 0.465 e. The van der Waals surface area contributed by atoms with Crippen molar-refractivity contribution >= 4 is 29.2 Å². The molecule has 0 radical (unpaired) electrons. The van der Waals surface area contributed by atoms with Gasteiger partial charge in [0.1, 0.15) is 0 Å². The van der Waals surface area contributed by atoms with Gasteiger partial charge in [-0.25, -0.2) is 14.8 Å². The second-order valence-corrected chi connectivity index (χ2v) is 6.81. The summed E-state index contributed by atoms with van der Waals surface area (Å²) in [6, 6.07) is 14.9. The molecule has 1 aromatic heterocycles. The van der Waals surface area contributed by atoms with Crippen molar-refractivity contribution in [2.24, 2.45) is 0 Å². The minimum Gasteiger partial charge on any atom is -0.465 e. The van der Waals surface area contributed by atoms with E-state index in [1.165, 1.54) is 19.5 Å². The van der Waals surface area contributed by atoms with Gasteiger partial charge < -0.3 is 15.0 Å². The number of anilines is 3. The molecule has 0 fully saturated rings. The van der Waals surface area contributed by atoms with E-state index in [1.54, 1.807) is 29.2 Å². The van der Waals surface area contributed by atoms with Gasteiger partial charge in [0, 0.05) is 24.1 Å². The first-order chi connectivity index (χ1) is 14.1. The third-order valence-corrected chi connectivity index (χ3v) is 4.90. The molecule has 2 heterocycles. The molecule has 0 saturated carbocycles. The van der Waals surface area contributed by atoms with E-state index in [2.05, 4.69) is 15.3 Å². The van der Waals surface area contributed by atoms with Gasteiger partial charge in [-0.05, 0) is 37.1 Å². The van der Waals surface area contributed by atoms with E-state index in [-0.39, 0.29) is 17.9 Å². The normalized spacial score (nSPS) is 15.0. The van der Waals surface area contributed by atoms with Crippen LogP contribution in [0.2, 0.25) is 0 Å². The maximum atomic E-state index is 13.0. The zero-order chi connectivity index (χ0) is 20.4. The molecule has 0 saturated heterocycles. The Kier molecular flexibility index (Phi) is 4.95. The predicted molar refractivity (Wildman–Crippen MR) is 110 cm³/mol. The number of methoxy groups -OCH3 is 1. The molecule has 1 aliphatic heterocycles. The monoisotopic (exact) mass is 388 g/mol. The molecule has 3 aromatic rings. The number of amides is 1. The van der Waals surface area contributed by atoms with Gasteiger partial charge in [-0.2, -0.15) is 0 Å². The zero-order valence-corrected chi connectivity index (χ0v) is 16.1. The molecule has 1 amide bonds. The average molecular weight is 388 g/mol. The molecule has 1 N–H and O–H groups in total. The minimum absolute atomic E-state index is 0.0737. The van der Waals surface area contributed by atoms with E-state index >= 15 is 0 Å². The third-order valence-electron chi connectivity index (χ3n) is 4.90. The van der Waals surface area contributed by atoms with E-state index in [1.807, 2.05) is 31.2 Å². The molecule has 1 unspecified atom stereocenters. The van der Waals surface area contributed by atoms with Crippen molar-refractivity contribution in [2.45, 2.75) is 19.4 Å². The molecule has 7 nitrogen and oxygen atoms in total. The topological polar surface area (TPSA) is 84.4 Å². The van der Waals surface area contributed by atoms with Gasteiger partial charge >= 0.3 is 5.97 Å². The number of carbonyl (C=O) groups excluding carboxylic acids is 2. The lowest BCUT2D eigenvalue weighted by molar-refractivity contribution is 0.0601. The molecule has 0 aliphatic carbocycles. The predicted octanol–water partition coefficient (Wildman–Crippen LogP) is 3.60. The highest BCUT2D eigenvalue weighted by molar-refractivity contribution is 6.07. The smallest absolute Gasteiger partial charge is 0.339 e. The van der Waals surface area contributed by atoms with E-state index in [0.29, 0.717) is 16.8 Å². The second kappa shape index (κ2) is 7.71. The standard InChI is InChI=1S/C22H20N4O3/c1-14-11-15-7-3-6-10-19(15)26(14)20(27)16-12-23-22(24-13-16)25-18-9-5-4-8-17(18)21(28)29-2/h3-10,12-14H,11H2,1-2H3,(H,23,24,25). The van der Waals surface area contributed by atoms with Crippen LogP contribution in [0.1, 0.15) is 33.2 Å². The molecule has 0 spiro atoms. The van der Waals surface area contributed by atoms with Gasteiger partial charge in [0.2, 0.25) is 5.95 Å². The number of carbonyl (C=O) groups is 2. The summed E-state index contributed by atoms with van der Waals surface area (Å²) in [5, 5.41) is 3.00. The van der Waals surface area contributed by atoms with Crippen LogP contribution in [0.5, 0.6) is 0 Å². The first-order valence-corrected chi connectivity index (χ1v) is 9.26. The summed E-state index contributed by atoms with van der Waals surface area (Å²) in [6.45, 7) is 2.03. The molecule has 1 atom stereocenters. The molecule has 146 valence electrons. The Balaban J connectivity index is 1.55. The number of nitrogens with one attached hydrogen (secondary N) is 1. The number of hydrogen-bond acceptors (Lipinski definition) is 6. The van der Waals surface area contributed by atoms with Crippen molar-refractivity contribution < 1.29 is 14.3 Å². The zero-order valence-electron chi connectivity index (χ0n) is 16.1. The maximum absolute atomic E-state index is 13.0. The van der Waals surface area contributed by atoms with Crippen LogP contribution in [-0.4, -0.2) is 35.0 Å². The Morgan fingerprint density at radius 3 is 2.52 bits per heavy atom. The van der Waals surface area contributed by atoms with Crippen molar-refractivity contribution in [3.05, 3.63) is 77.6 Å². The number of hydrogen-bond donors (Lipinski definition) is 1. The Bertz CT molecular complexity index is 1070. The SMILES string of the molecule is COC(=O)c1ccccc1Nc1ncc(C(=O)N2c3ccccc3CC2C)cn1. The summed E-state index contributed by atoms with van der Waals surface area (Å²) < 4.78 is 4.79. The summed E-state index contributed by atoms with van der Waals surface area (Å²) in [5.41, 5.74) is 3.40. The van der Waals surface area contributed by atoms with Crippen LogP contribution in [-0.2, 0) is 11.2 Å². The van der Waals surface area contributed by atoms with Crippen LogP contribution in [0.3, 0.4) is 0 Å². The van der Waals surface area contributed by atoms with Crippen LogP contribution >= 0.6 is 0 Å². The first-order valence-electron chi connectivity index (χ1n) is 9.26. The molecule has 1 aliphatic rings. The maximum Gasteiger partial charge on any atom is 0.339 e. The van der Waals surface area contributed by atoms with E-state index in [0.717, 1.165) is 17.7 Å². The first kappa shape index (κ1) is 18.6. The fraction of sp³-hybridized carbons (Fsp3) is 0.182. The number of nitrogens with zero attached hydrogens (tertiary/aromatic N) is 3. The lowest BCUT2D eigenvalue weighted by Gasteiger charge is -2.22. The van der Waals surface area contributed by atoms with Gasteiger partial charge in [-0.1, -0.05) is 30.3 Å². The summed E-state index contributed by atoms with van der Waals surface area (Å²) in [5.74, 6) is -0.307. The average Bonchev–Trinajstić information content (AvgIpc) is 3.09. The number of para-hydroxylation sites is 2. The Labute approximate surface area is 168 Å². The molecular formula is C22H20N4O3. The highest BCUT2D eigenvalue weighted by atomic mass is 16.5.